The summed E-state index contributed by atoms with van der Waals surface area (Å²) in [7, 11) is 0. The maximum absolute atomic E-state index is 12.6. The molecule has 0 bridgehead atoms. The lowest BCUT2D eigenvalue weighted by Gasteiger charge is -2.24. The van der Waals surface area contributed by atoms with Crippen molar-refractivity contribution < 1.29 is 9.59 Å². The molecule has 0 aromatic heterocycles. The molecule has 0 saturated carbocycles. The zero-order valence-electron chi connectivity index (χ0n) is 12.8. The Morgan fingerprint density at radius 3 is 2.62 bits per heavy atom. The number of carbonyl (C=O) groups excluding carboxylic acids is 2. The number of amides is 2. The quantitative estimate of drug-likeness (QED) is 0.898. The molecule has 0 unspecified atom stereocenters. The van der Waals surface area contributed by atoms with Crippen molar-refractivity contribution in [1.82, 2.24) is 5.32 Å². The zero-order valence-corrected chi connectivity index (χ0v) is 14.3. The number of para-hydroxylation sites is 1. The van der Waals surface area contributed by atoms with Gasteiger partial charge in [0.2, 0.25) is 11.8 Å². The smallest absolute Gasteiger partial charge is 0.243 e. The number of benzene rings is 2. The van der Waals surface area contributed by atoms with Crippen molar-refractivity contribution in [2.75, 3.05) is 4.90 Å². The summed E-state index contributed by atoms with van der Waals surface area (Å²) in [5, 5.41) is 3.91. The van der Waals surface area contributed by atoms with Gasteiger partial charge in [-0.2, -0.15) is 0 Å². The van der Waals surface area contributed by atoms with E-state index in [9.17, 15) is 9.59 Å². The molecule has 1 aliphatic heterocycles. The van der Waals surface area contributed by atoms with Crippen LogP contribution in [0.4, 0.5) is 5.69 Å². The van der Waals surface area contributed by atoms with Crippen LogP contribution in [0.3, 0.4) is 0 Å². The fourth-order valence-electron chi connectivity index (χ4n) is 2.81. The maximum atomic E-state index is 12.6. The highest BCUT2D eigenvalue weighted by Gasteiger charge is 2.36. The van der Waals surface area contributed by atoms with Crippen LogP contribution in [0.2, 0.25) is 10.0 Å². The molecule has 24 heavy (non-hydrogen) atoms. The molecule has 2 aromatic rings. The number of rotatable bonds is 4. The Balaban J connectivity index is 1.71. The molecule has 0 radical (unpaired) electrons. The molecule has 1 atom stereocenters. The number of hydrogen-bond acceptors (Lipinski definition) is 2. The molecule has 3 rings (SSSR count). The van der Waals surface area contributed by atoms with Crippen molar-refractivity contribution in [2.24, 2.45) is 0 Å². The van der Waals surface area contributed by atoms with Crippen molar-refractivity contribution in [3.05, 3.63) is 64.1 Å². The average Bonchev–Trinajstić information content (AvgIpc) is 2.96. The summed E-state index contributed by atoms with van der Waals surface area (Å²) in [4.78, 5) is 26.3. The summed E-state index contributed by atoms with van der Waals surface area (Å²) in [6.07, 6.45) is 0.878. The van der Waals surface area contributed by atoms with Gasteiger partial charge in [-0.1, -0.05) is 47.5 Å². The first-order valence-electron chi connectivity index (χ1n) is 7.65. The Labute approximate surface area is 150 Å². The first-order chi connectivity index (χ1) is 11.6. The van der Waals surface area contributed by atoms with Crippen LogP contribution in [0.1, 0.15) is 18.4 Å². The molecule has 1 saturated heterocycles. The molecule has 2 amide bonds. The van der Waals surface area contributed by atoms with E-state index in [1.165, 1.54) is 0 Å². The molecule has 4 nitrogen and oxygen atoms in total. The molecule has 124 valence electrons. The zero-order chi connectivity index (χ0) is 17.1. The van der Waals surface area contributed by atoms with Gasteiger partial charge in [-0.3, -0.25) is 14.5 Å². The first-order valence-corrected chi connectivity index (χ1v) is 8.40. The molecular weight excluding hydrogens is 347 g/mol. The summed E-state index contributed by atoms with van der Waals surface area (Å²) in [6, 6.07) is 13.9. The van der Waals surface area contributed by atoms with Crippen LogP contribution < -0.4 is 10.2 Å². The number of anilines is 1. The second-order valence-corrected chi connectivity index (χ2v) is 6.45. The van der Waals surface area contributed by atoms with Crippen molar-refractivity contribution in [2.45, 2.75) is 25.4 Å². The molecule has 6 heteroatoms. The van der Waals surface area contributed by atoms with Gasteiger partial charge in [-0.25, -0.2) is 0 Å². The van der Waals surface area contributed by atoms with E-state index in [0.29, 0.717) is 29.4 Å². The van der Waals surface area contributed by atoms with Gasteiger partial charge in [-0.05, 0) is 36.2 Å². The van der Waals surface area contributed by atoms with Gasteiger partial charge in [-0.15, -0.1) is 0 Å². The third-order valence-corrected chi connectivity index (χ3v) is 4.60. The van der Waals surface area contributed by atoms with Gasteiger partial charge in [0.15, 0.2) is 0 Å². The Bertz CT molecular complexity index is 765. The van der Waals surface area contributed by atoms with Crippen molar-refractivity contribution in [3.8, 4) is 0 Å². The van der Waals surface area contributed by atoms with Crippen LogP contribution in [-0.2, 0) is 16.1 Å². The lowest BCUT2D eigenvalue weighted by Crippen LogP contribution is -2.44. The van der Waals surface area contributed by atoms with Gasteiger partial charge in [0, 0.05) is 28.7 Å². The lowest BCUT2D eigenvalue weighted by atomic mass is 10.1. The van der Waals surface area contributed by atoms with Gasteiger partial charge in [0.05, 0.1) is 0 Å². The van der Waals surface area contributed by atoms with E-state index in [1.807, 2.05) is 30.3 Å². The number of halogens is 2. The van der Waals surface area contributed by atoms with E-state index in [2.05, 4.69) is 5.32 Å². The molecule has 1 N–H and O–H groups in total. The Kier molecular flexibility index (Phi) is 5.07. The second-order valence-electron chi connectivity index (χ2n) is 5.61. The summed E-state index contributed by atoms with van der Waals surface area (Å²) in [5.74, 6) is -0.221. The topological polar surface area (TPSA) is 49.4 Å². The van der Waals surface area contributed by atoms with Gasteiger partial charge in [0.25, 0.3) is 0 Å². The number of carbonyl (C=O) groups is 2. The summed E-state index contributed by atoms with van der Waals surface area (Å²) >= 11 is 12.0. The van der Waals surface area contributed by atoms with E-state index in [1.54, 1.807) is 23.1 Å². The highest BCUT2D eigenvalue weighted by molar-refractivity contribution is 6.35. The average molecular weight is 363 g/mol. The van der Waals surface area contributed by atoms with Crippen LogP contribution in [0.15, 0.2) is 48.5 Å². The lowest BCUT2D eigenvalue weighted by molar-refractivity contribution is -0.124. The van der Waals surface area contributed by atoms with Crippen molar-refractivity contribution in [1.29, 1.82) is 0 Å². The fraction of sp³-hybridized carbons (Fsp3) is 0.222. The van der Waals surface area contributed by atoms with Gasteiger partial charge >= 0.3 is 0 Å². The van der Waals surface area contributed by atoms with E-state index >= 15 is 0 Å². The van der Waals surface area contributed by atoms with Crippen LogP contribution in [-0.4, -0.2) is 17.9 Å². The summed E-state index contributed by atoms with van der Waals surface area (Å²) < 4.78 is 0. The molecule has 0 aliphatic carbocycles. The van der Waals surface area contributed by atoms with Crippen LogP contribution >= 0.6 is 23.2 Å². The van der Waals surface area contributed by atoms with Crippen LogP contribution in [0, 0.1) is 0 Å². The third kappa shape index (κ3) is 3.55. The SMILES string of the molecule is O=C(NCc1ccc(Cl)cc1Cl)[C@@H]1CCC(=O)N1c1ccccc1. The van der Waals surface area contributed by atoms with Gasteiger partial charge < -0.3 is 5.32 Å². The third-order valence-electron chi connectivity index (χ3n) is 4.02. The van der Waals surface area contributed by atoms with E-state index < -0.39 is 6.04 Å². The standard InChI is InChI=1S/C18H16Cl2N2O2/c19-13-7-6-12(15(20)10-13)11-21-18(24)16-8-9-17(23)22(16)14-4-2-1-3-5-14/h1-7,10,16H,8-9,11H2,(H,21,24)/t16-/m0/s1. The highest BCUT2D eigenvalue weighted by Crippen LogP contribution is 2.27. The number of hydrogen-bond donors (Lipinski definition) is 1. The highest BCUT2D eigenvalue weighted by atomic mass is 35.5. The Morgan fingerprint density at radius 2 is 1.92 bits per heavy atom. The fourth-order valence-corrected chi connectivity index (χ4v) is 3.28. The Hall–Kier alpha value is -2.04. The first kappa shape index (κ1) is 16.8. The van der Waals surface area contributed by atoms with E-state index in [0.717, 1.165) is 11.3 Å². The Morgan fingerprint density at radius 1 is 1.17 bits per heavy atom. The minimum absolute atomic E-state index is 0.0362. The molecule has 2 aromatic carbocycles. The molecule has 1 heterocycles. The van der Waals surface area contributed by atoms with Crippen molar-refractivity contribution in [3.63, 3.8) is 0 Å². The molecule has 0 spiro atoms. The maximum Gasteiger partial charge on any atom is 0.243 e. The minimum atomic E-state index is -0.494. The van der Waals surface area contributed by atoms with Crippen LogP contribution in [0.25, 0.3) is 0 Å². The molecular formula is C18H16Cl2N2O2. The monoisotopic (exact) mass is 362 g/mol. The molecule has 1 aliphatic rings. The summed E-state index contributed by atoms with van der Waals surface area (Å²) in [5.41, 5.74) is 1.52. The van der Waals surface area contributed by atoms with Crippen LogP contribution in [0.5, 0.6) is 0 Å². The van der Waals surface area contributed by atoms with Gasteiger partial charge in [0.1, 0.15) is 6.04 Å². The second kappa shape index (κ2) is 7.24. The number of nitrogens with zero attached hydrogens (tertiary/aromatic N) is 1. The minimum Gasteiger partial charge on any atom is -0.350 e. The predicted molar refractivity (Wildman–Crippen MR) is 95.3 cm³/mol. The normalized spacial score (nSPS) is 17.2. The molecule has 1 fully saturated rings. The summed E-state index contributed by atoms with van der Waals surface area (Å²) in [6.45, 7) is 0.294. The van der Waals surface area contributed by atoms with E-state index in [-0.39, 0.29) is 11.8 Å². The largest absolute Gasteiger partial charge is 0.350 e. The number of nitrogens with one attached hydrogen (secondary N) is 1. The van der Waals surface area contributed by atoms with E-state index in [4.69, 9.17) is 23.2 Å². The predicted octanol–water partition coefficient (Wildman–Crippen LogP) is 3.81. The van der Waals surface area contributed by atoms with Crippen molar-refractivity contribution >= 4 is 40.7 Å².